The highest BCUT2D eigenvalue weighted by Gasteiger charge is 2.44. The second kappa shape index (κ2) is 10.6. The number of rotatable bonds is 6. The van der Waals surface area contributed by atoms with Crippen LogP contribution in [0.1, 0.15) is 54.4 Å². The van der Waals surface area contributed by atoms with Gasteiger partial charge in [0.25, 0.3) is 0 Å². The van der Waals surface area contributed by atoms with Crippen molar-refractivity contribution < 1.29 is 24.8 Å². The summed E-state index contributed by atoms with van der Waals surface area (Å²) >= 11 is 6.53. The minimum Gasteiger partial charge on any atom is -0.388 e. The zero-order chi connectivity index (χ0) is 22.7. The van der Waals surface area contributed by atoms with Crippen LogP contribution in [0.15, 0.2) is 48.5 Å². The molecule has 1 unspecified atom stereocenters. The van der Waals surface area contributed by atoms with Gasteiger partial charge in [-0.2, -0.15) is 0 Å². The minimum atomic E-state index is -1.30. The van der Waals surface area contributed by atoms with Crippen molar-refractivity contribution in [1.82, 2.24) is 0 Å². The molecule has 0 spiro atoms. The number of ether oxygens (including phenoxy) is 2. The van der Waals surface area contributed by atoms with Crippen LogP contribution in [0.25, 0.3) is 0 Å². The van der Waals surface area contributed by atoms with Crippen molar-refractivity contribution in [2.75, 3.05) is 13.7 Å². The predicted molar refractivity (Wildman–Crippen MR) is 124 cm³/mol. The van der Waals surface area contributed by atoms with Gasteiger partial charge < -0.3 is 24.8 Å². The van der Waals surface area contributed by atoms with Crippen LogP contribution in [0.4, 0.5) is 0 Å². The topological polar surface area (TPSA) is 79.2 Å². The lowest BCUT2D eigenvalue weighted by Gasteiger charge is -2.40. The Balaban J connectivity index is 1.44. The van der Waals surface area contributed by atoms with Gasteiger partial charge in [0.2, 0.25) is 0 Å². The summed E-state index contributed by atoms with van der Waals surface area (Å²) in [5.74, 6) is 1.19. The molecule has 1 saturated heterocycles. The largest absolute Gasteiger partial charge is 0.388 e. The van der Waals surface area contributed by atoms with E-state index in [0.717, 1.165) is 30.4 Å². The molecular weight excluding hydrogens is 428 g/mol. The summed E-state index contributed by atoms with van der Waals surface area (Å²) < 4.78 is 11.0. The van der Waals surface area contributed by atoms with Gasteiger partial charge in [0.1, 0.15) is 30.5 Å². The maximum Gasteiger partial charge on any atom is 0.113 e. The summed E-state index contributed by atoms with van der Waals surface area (Å²) in [6.45, 7) is 0.131. The van der Waals surface area contributed by atoms with Gasteiger partial charge in [-0.15, -0.1) is 0 Å². The number of hydrogen-bond donors (Lipinski definition) is 3. The number of aliphatic hydroxyl groups excluding tert-OH is 3. The normalized spacial score (nSPS) is 33.2. The van der Waals surface area contributed by atoms with Crippen LogP contribution in [0.3, 0.4) is 0 Å². The summed E-state index contributed by atoms with van der Waals surface area (Å²) in [7, 11) is 1.51. The molecule has 6 heteroatoms. The van der Waals surface area contributed by atoms with E-state index in [0.29, 0.717) is 16.9 Å². The Hall–Kier alpha value is -1.47. The Bertz CT molecular complexity index is 868. The third kappa shape index (κ3) is 5.19. The first-order valence-electron chi connectivity index (χ1n) is 11.5. The quantitative estimate of drug-likeness (QED) is 0.606. The number of aliphatic hydroxyl groups is 3. The van der Waals surface area contributed by atoms with Crippen LogP contribution in [-0.4, -0.2) is 53.5 Å². The van der Waals surface area contributed by atoms with Gasteiger partial charge >= 0.3 is 0 Å². The van der Waals surface area contributed by atoms with E-state index in [4.69, 9.17) is 21.1 Å². The van der Waals surface area contributed by atoms with E-state index < -0.39 is 30.5 Å². The molecule has 2 aliphatic rings. The predicted octanol–water partition coefficient (Wildman–Crippen LogP) is 4.03. The number of halogens is 1. The van der Waals surface area contributed by atoms with Gasteiger partial charge in [-0.25, -0.2) is 0 Å². The Kier molecular flexibility index (Phi) is 7.87. The minimum absolute atomic E-state index is 0.131. The molecular formula is C26H33ClO5. The third-order valence-corrected chi connectivity index (χ3v) is 7.44. The summed E-state index contributed by atoms with van der Waals surface area (Å²) in [6, 6.07) is 16.4. The van der Waals surface area contributed by atoms with Gasteiger partial charge in [-0.05, 0) is 66.7 Å². The Morgan fingerprint density at radius 2 is 1.62 bits per heavy atom. The molecule has 2 aromatic carbocycles. The molecule has 1 aliphatic carbocycles. The molecule has 0 radical (unpaired) electrons. The molecule has 174 valence electrons. The van der Waals surface area contributed by atoms with Gasteiger partial charge in [0.15, 0.2) is 0 Å². The average molecular weight is 461 g/mol. The fourth-order valence-electron chi connectivity index (χ4n) is 5.19. The maximum atomic E-state index is 10.6. The monoisotopic (exact) mass is 460 g/mol. The highest BCUT2D eigenvalue weighted by Crippen LogP contribution is 2.39. The molecule has 5 nitrogen and oxygen atoms in total. The van der Waals surface area contributed by atoms with E-state index in [1.165, 1.54) is 25.5 Å². The molecule has 2 fully saturated rings. The lowest BCUT2D eigenvalue weighted by atomic mass is 9.76. The van der Waals surface area contributed by atoms with E-state index in [2.05, 4.69) is 30.3 Å². The van der Waals surface area contributed by atoms with Crippen molar-refractivity contribution in [1.29, 1.82) is 0 Å². The zero-order valence-corrected chi connectivity index (χ0v) is 19.2. The van der Waals surface area contributed by atoms with Gasteiger partial charge in [0.05, 0.1) is 6.61 Å². The summed E-state index contributed by atoms with van der Waals surface area (Å²) in [4.78, 5) is 0. The SMILES string of the molecule is COCC1O[C@@H](c2ccc(Cl)c(CC3CCC(c4ccccc4)CC3)c2)[C@H](O)[C@@H](O)[C@@H]1O. The lowest BCUT2D eigenvalue weighted by molar-refractivity contribution is -0.233. The summed E-state index contributed by atoms with van der Waals surface area (Å²) in [5, 5.41) is 31.8. The average Bonchev–Trinajstić information content (AvgIpc) is 2.82. The van der Waals surface area contributed by atoms with Crippen molar-refractivity contribution >= 4 is 11.6 Å². The summed E-state index contributed by atoms with van der Waals surface area (Å²) in [5.41, 5.74) is 3.22. The van der Waals surface area contributed by atoms with Crippen LogP contribution in [0.5, 0.6) is 0 Å². The first-order valence-corrected chi connectivity index (χ1v) is 11.9. The van der Waals surface area contributed by atoms with Crippen molar-refractivity contribution in [2.45, 2.75) is 68.5 Å². The van der Waals surface area contributed by atoms with Gasteiger partial charge in [-0.3, -0.25) is 0 Å². The molecule has 0 amide bonds. The van der Waals surface area contributed by atoms with Crippen LogP contribution in [0, 0.1) is 5.92 Å². The van der Waals surface area contributed by atoms with Crippen molar-refractivity contribution in [3.63, 3.8) is 0 Å². The summed E-state index contributed by atoms with van der Waals surface area (Å²) in [6.07, 6.45) is 0.353. The molecule has 1 heterocycles. The van der Waals surface area contributed by atoms with Crippen LogP contribution in [0.2, 0.25) is 5.02 Å². The second-order valence-corrected chi connectivity index (χ2v) is 9.61. The highest BCUT2D eigenvalue weighted by molar-refractivity contribution is 6.31. The van der Waals surface area contributed by atoms with Crippen LogP contribution < -0.4 is 0 Å². The third-order valence-electron chi connectivity index (χ3n) is 7.07. The number of benzene rings is 2. The van der Waals surface area contributed by atoms with Gasteiger partial charge in [-0.1, -0.05) is 54.1 Å². The van der Waals surface area contributed by atoms with E-state index in [9.17, 15) is 15.3 Å². The molecule has 2 aromatic rings. The fourth-order valence-corrected chi connectivity index (χ4v) is 5.39. The fraction of sp³-hybridized carbons (Fsp3) is 0.538. The molecule has 3 N–H and O–H groups in total. The van der Waals surface area contributed by atoms with Crippen LogP contribution in [-0.2, 0) is 15.9 Å². The number of hydrogen-bond acceptors (Lipinski definition) is 5. The van der Waals surface area contributed by atoms with Gasteiger partial charge in [0, 0.05) is 12.1 Å². The maximum absolute atomic E-state index is 10.6. The zero-order valence-electron chi connectivity index (χ0n) is 18.4. The van der Waals surface area contributed by atoms with Crippen molar-refractivity contribution in [2.24, 2.45) is 5.92 Å². The Labute approximate surface area is 194 Å². The smallest absolute Gasteiger partial charge is 0.113 e. The molecule has 32 heavy (non-hydrogen) atoms. The molecule has 5 atom stereocenters. The van der Waals surface area contributed by atoms with E-state index in [1.807, 2.05) is 18.2 Å². The number of methoxy groups -OCH3 is 1. The molecule has 0 aromatic heterocycles. The Morgan fingerprint density at radius 1 is 0.906 bits per heavy atom. The van der Waals surface area contributed by atoms with Crippen molar-refractivity contribution in [3.05, 3.63) is 70.2 Å². The lowest BCUT2D eigenvalue weighted by Crippen LogP contribution is -2.55. The van der Waals surface area contributed by atoms with Crippen molar-refractivity contribution in [3.8, 4) is 0 Å². The molecule has 4 rings (SSSR count). The molecule has 1 saturated carbocycles. The molecule has 0 bridgehead atoms. The molecule has 1 aliphatic heterocycles. The van der Waals surface area contributed by atoms with E-state index >= 15 is 0 Å². The standard InChI is InChI=1S/C26H33ClO5/c1-31-15-22-23(28)24(29)25(30)26(32-22)19-11-12-21(27)20(14-19)13-16-7-9-18(10-8-16)17-5-3-2-4-6-17/h2-6,11-12,14,16,18,22-26,28-30H,7-10,13,15H2,1H3/t16?,18?,22?,23-,24+,25-,26+/m1/s1. The van der Waals surface area contributed by atoms with E-state index in [-0.39, 0.29) is 6.61 Å². The van der Waals surface area contributed by atoms with Crippen LogP contribution >= 0.6 is 11.6 Å². The second-order valence-electron chi connectivity index (χ2n) is 9.21. The first-order chi connectivity index (χ1) is 15.5. The highest BCUT2D eigenvalue weighted by atomic mass is 35.5. The van der Waals surface area contributed by atoms with E-state index in [1.54, 1.807) is 0 Å². The Morgan fingerprint density at radius 3 is 2.31 bits per heavy atom. The first kappa shape index (κ1) is 23.7.